The molecule has 9 heteroatoms. The predicted molar refractivity (Wildman–Crippen MR) is 120 cm³/mol. The van der Waals surface area contributed by atoms with Gasteiger partial charge in [-0.3, -0.25) is 0 Å². The number of halogens is 1. The van der Waals surface area contributed by atoms with E-state index in [1.807, 2.05) is 0 Å². The van der Waals surface area contributed by atoms with Crippen molar-refractivity contribution in [3.8, 4) is 0 Å². The lowest BCUT2D eigenvalue weighted by Gasteiger charge is -2.62. The summed E-state index contributed by atoms with van der Waals surface area (Å²) >= 11 is 5.93. The van der Waals surface area contributed by atoms with E-state index in [2.05, 4.69) is 51.3 Å². The summed E-state index contributed by atoms with van der Waals surface area (Å²) in [5.41, 5.74) is 0.179. The maximum atomic E-state index is 13.1. The molecule has 1 aromatic heterocycles. The van der Waals surface area contributed by atoms with Crippen LogP contribution in [-0.4, -0.2) is 35.1 Å². The highest BCUT2D eigenvalue weighted by Gasteiger charge is 2.58. The summed E-state index contributed by atoms with van der Waals surface area (Å²) in [5.74, 6) is 2.09. The van der Waals surface area contributed by atoms with E-state index >= 15 is 0 Å². The fraction of sp³-hybridized carbons (Fsp3) is 0.591. The van der Waals surface area contributed by atoms with Crippen molar-refractivity contribution in [3.05, 3.63) is 47.3 Å². The van der Waals surface area contributed by atoms with Gasteiger partial charge in [0.1, 0.15) is 0 Å². The smallest absolute Gasteiger partial charge is 0.207 e. The molecule has 4 atom stereocenters. The number of hydrogen-bond acceptors (Lipinski definition) is 5. The van der Waals surface area contributed by atoms with Gasteiger partial charge in [-0.2, -0.15) is 5.21 Å². The lowest BCUT2D eigenvalue weighted by molar-refractivity contribution is -0.108. The third-order valence-corrected chi connectivity index (χ3v) is 8.98. The van der Waals surface area contributed by atoms with Gasteiger partial charge < -0.3 is 0 Å². The minimum atomic E-state index is -3.59. The first kappa shape index (κ1) is 22.4. The molecule has 3 aliphatic carbocycles. The SMILES string of the molecule is CC1(C)[C@H]2C[C@H](CC=CCCCc3nn[nH]n3)[C@@H](NS(=O)(=O)c3ccc(Cl)cc3)[C@H]1C2. The van der Waals surface area contributed by atoms with E-state index in [-0.39, 0.29) is 16.4 Å². The Labute approximate surface area is 189 Å². The van der Waals surface area contributed by atoms with Crippen molar-refractivity contribution in [1.29, 1.82) is 0 Å². The highest BCUT2D eigenvalue weighted by molar-refractivity contribution is 7.89. The van der Waals surface area contributed by atoms with Gasteiger partial charge in [-0.25, -0.2) is 13.1 Å². The van der Waals surface area contributed by atoms with Gasteiger partial charge >= 0.3 is 0 Å². The van der Waals surface area contributed by atoms with Gasteiger partial charge in [-0.1, -0.05) is 42.8 Å². The van der Waals surface area contributed by atoms with Gasteiger partial charge in [0.15, 0.2) is 5.82 Å². The summed E-state index contributed by atoms with van der Waals surface area (Å²) in [5, 5.41) is 14.5. The molecule has 0 spiro atoms. The fourth-order valence-corrected chi connectivity index (χ4v) is 6.72. The highest BCUT2D eigenvalue weighted by atomic mass is 35.5. The van der Waals surface area contributed by atoms with E-state index in [1.165, 1.54) is 0 Å². The molecule has 0 amide bonds. The third-order valence-electron chi connectivity index (χ3n) is 7.26. The summed E-state index contributed by atoms with van der Waals surface area (Å²) in [6, 6.07) is 6.33. The Kier molecular flexibility index (Phi) is 6.51. The second-order valence-electron chi connectivity index (χ2n) is 9.38. The average Bonchev–Trinajstić information content (AvgIpc) is 3.24. The molecule has 2 bridgehead atoms. The van der Waals surface area contributed by atoms with E-state index in [0.717, 1.165) is 44.3 Å². The van der Waals surface area contributed by atoms with E-state index < -0.39 is 10.0 Å². The van der Waals surface area contributed by atoms with Crippen LogP contribution in [0.25, 0.3) is 0 Å². The van der Waals surface area contributed by atoms with E-state index in [4.69, 9.17) is 11.6 Å². The quantitative estimate of drug-likeness (QED) is 0.429. The van der Waals surface area contributed by atoms with E-state index in [1.54, 1.807) is 24.3 Å². The topological polar surface area (TPSA) is 101 Å². The largest absolute Gasteiger partial charge is 0.240 e. The van der Waals surface area contributed by atoms with Gasteiger partial charge in [-0.15, -0.1) is 10.2 Å². The van der Waals surface area contributed by atoms with Gasteiger partial charge in [0.2, 0.25) is 10.0 Å². The zero-order valence-electron chi connectivity index (χ0n) is 18.0. The molecule has 2 aromatic rings. The number of nitrogens with one attached hydrogen (secondary N) is 2. The molecule has 1 heterocycles. The van der Waals surface area contributed by atoms with Crippen molar-refractivity contribution in [2.24, 2.45) is 23.2 Å². The second kappa shape index (κ2) is 9.00. The Morgan fingerprint density at radius 3 is 2.68 bits per heavy atom. The Hall–Kier alpha value is -1.77. The number of rotatable bonds is 9. The molecule has 31 heavy (non-hydrogen) atoms. The number of benzene rings is 1. The molecule has 3 aliphatic rings. The molecule has 5 rings (SSSR count). The Balaban J connectivity index is 1.39. The summed E-state index contributed by atoms with van der Waals surface area (Å²) in [7, 11) is -3.59. The van der Waals surface area contributed by atoms with Crippen LogP contribution in [0.2, 0.25) is 5.02 Å². The first-order valence-corrected chi connectivity index (χ1v) is 12.8. The van der Waals surface area contributed by atoms with Gasteiger partial charge in [0.25, 0.3) is 0 Å². The number of fused-ring (bicyclic) bond motifs is 2. The number of aromatic amines is 1. The third kappa shape index (κ3) is 4.86. The van der Waals surface area contributed by atoms with Gasteiger partial charge in [0, 0.05) is 17.5 Å². The normalized spacial score (nSPS) is 27.3. The van der Waals surface area contributed by atoms with E-state index in [0.29, 0.717) is 22.8 Å². The maximum absolute atomic E-state index is 13.1. The van der Waals surface area contributed by atoms with Crippen LogP contribution in [0.1, 0.15) is 51.8 Å². The summed E-state index contributed by atoms with van der Waals surface area (Å²) in [6.07, 6.45) is 10.2. The van der Waals surface area contributed by atoms with Crippen LogP contribution in [0.15, 0.2) is 41.3 Å². The molecule has 2 N–H and O–H groups in total. The Morgan fingerprint density at radius 1 is 1.23 bits per heavy atom. The number of sulfonamides is 1. The molecule has 7 nitrogen and oxygen atoms in total. The predicted octanol–water partition coefficient (Wildman–Crippen LogP) is 4.15. The van der Waals surface area contributed by atoms with Crippen molar-refractivity contribution < 1.29 is 8.42 Å². The van der Waals surface area contributed by atoms with Crippen LogP contribution < -0.4 is 4.72 Å². The first-order valence-electron chi connectivity index (χ1n) is 10.9. The molecular weight excluding hydrogens is 434 g/mol. The standard InChI is InChI=1S/C22H30ClN5O2S/c1-22(2)16-13-15(7-5-3-4-6-8-20-24-27-28-25-20)21(19(22)14-16)26-31(29,30)18-11-9-17(23)10-12-18/h3,5,9-12,15-16,19,21,26H,4,6-8,13-14H2,1-2H3,(H,24,25,27,28)/t15-,16-,19+,21+/m0/s1. The lowest BCUT2D eigenvalue weighted by atomic mass is 9.45. The number of aromatic nitrogens is 4. The number of allylic oxidation sites excluding steroid dienone is 2. The molecule has 1 aromatic carbocycles. The van der Waals surface area contributed by atoms with Crippen molar-refractivity contribution in [1.82, 2.24) is 25.3 Å². The zero-order chi connectivity index (χ0) is 22.1. The molecule has 0 unspecified atom stereocenters. The Morgan fingerprint density at radius 2 is 2.00 bits per heavy atom. The highest BCUT2D eigenvalue weighted by Crippen LogP contribution is 2.61. The summed E-state index contributed by atoms with van der Waals surface area (Å²) in [6.45, 7) is 4.55. The number of hydrogen-bond donors (Lipinski definition) is 2. The fourth-order valence-electron chi connectivity index (χ4n) is 5.24. The van der Waals surface area contributed by atoms with Crippen LogP contribution in [0.5, 0.6) is 0 Å². The lowest BCUT2D eigenvalue weighted by Crippen LogP contribution is -2.63. The summed E-state index contributed by atoms with van der Waals surface area (Å²) in [4.78, 5) is 0.270. The number of nitrogens with zero attached hydrogens (tertiary/aromatic N) is 3. The van der Waals surface area contributed by atoms with Crippen molar-refractivity contribution >= 4 is 21.6 Å². The van der Waals surface area contributed by atoms with Crippen LogP contribution in [0, 0.1) is 23.2 Å². The van der Waals surface area contributed by atoms with Crippen LogP contribution >= 0.6 is 11.6 Å². The van der Waals surface area contributed by atoms with Gasteiger partial charge in [-0.05, 0) is 79.5 Å². The van der Waals surface area contributed by atoms with Gasteiger partial charge in [0.05, 0.1) is 4.90 Å². The number of H-pyrrole nitrogens is 1. The number of aryl methyl sites for hydroxylation is 1. The minimum absolute atomic E-state index is 0.0512. The van der Waals surface area contributed by atoms with E-state index in [9.17, 15) is 8.42 Å². The molecular formula is C22H30ClN5O2S. The number of unbranched alkanes of at least 4 members (excludes halogenated alkanes) is 1. The van der Waals surface area contributed by atoms with Crippen molar-refractivity contribution in [2.45, 2.75) is 63.3 Å². The molecule has 0 radical (unpaired) electrons. The number of tetrazole rings is 1. The van der Waals surface area contributed by atoms with Crippen LogP contribution in [0.3, 0.4) is 0 Å². The molecule has 3 saturated carbocycles. The monoisotopic (exact) mass is 463 g/mol. The summed E-state index contributed by atoms with van der Waals surface area (Å²) < 4.78 is 29.2. The minimum Gasteiger partial charge on any atom is -0.207 e. The first-order chi connectivity index (χ1) is 14.8. The second-order valence-corrected chi connectivity index (χ2v) is 11.5. The molecule has 168 valence electrons. The molecule has 3 fully saturated rings. The van der Waals surface area contributed by atoms with Crippen LogP contribution in [0.4, 0.5) is 0 Å². The average molecular weight is 464 g/mol. The zero-order valence-corrected chi connectivity index (χ0v) is 19.5. The molecule has 0 saturated heterocycles. The Bertz CT molecular complexity index is 1010. The maximum Gasteiger partial charge on any atom is 0.240 e. The molecule has 0 aliphatic heterocycles. The van der Waals surface area contributed by atoms with Crippen molar-refractivity contribution in [3.63, 3.8) is 0 Å². The van der Waals surface area contributed by atoms with Crippen LogP contribution in [-0.2, 0) is 16.4 Å². The van der Waals surface area contributed by atoms with Crippen molar-refractivity contribution in [2.75, 3.05) is 0 Å².